The summed E-state index contributed by atoms with van der Waals surface area (Å²) in [4.78, 5) is 14.5. The van der Waals surface area contributed by atoms with E-state index in [0.717, 1.165) is 16.2 Å². The SMILES string of the molecule is CC1(C)[C@@H]2CC[C@@]1(CS(=O)(=O)Nc1ccccc1Sc1ccc(Cl)cc1)C(=O)C2. The summed E-state index contributed by atoms with van der Waals surface area (Å²) in [7, 11) is -3.69. The zero-order valence-corrected chi connectivity index (χ0v) is 18.8. The van der Waals surface area contributed by atoms with Gasteiger partial charge in [-0.1, -0.05) is 49.3 Å². The molecule has 4 nitrogen and oxygen atoms in total. The van der Waals surface area contributed by atoms with Crippen molar-refractivity contribution in [1.82, 2.24) is 0 Å². The van der Waals surface area contributed by atoms with E-state index < -0.39 is 15.4 Å². The second-order valence-corrected chi connectivity index (χ2v) is 11.9. The molecule has 0 unspecified atom stereocenters. The predicted molar refractivity (Wildman–Crippen MR) is 118 cm³/mol. The van der Waals surface area contributed by atoms with Crippen LogP contribution >= 0.6 is 23.4 Å². The lowest BCUT2D eigenvalue weighted by Gasteiger charge is -2.36. The van der Waals surface area contributed by atoms with Crippen LogP contribution in [0.4, 0.5) is 5.69 Å². The Kier molecular flexibility index (Phi) is 5.24. The summed E-state index contributed by atoms with van der Waals surface area (Å²) < 4.78 is 29.0. The minimum atomic E-state index is -3.69. The summed E-state index contributed by atoms with van der Waals surface area (Å²) in [5, 5.41) is 0.654. The van der Waals surface area contributed by atoms with E-state index in [1.165, 1.54) is 11.8 Å². The molecule has 2 atom stereocenters. The lowest BCUT2D eigenvalue weighted by molar-refractivity contribution is -0.128. The number of anilines is 1. The van der Waals surface area contributed by atoms with Crippen molar-refractivity contribution in [3.8, 4) is 0 Å². The van der Waals surface area contributed by atoms with Crippen molar-refractivity contribution in [3.05, 3.63) is 53.6 Å². The van der Waals surface area contributed by atoms with Gasteiger partial charge in [-0.25, -0.2) is 8.42 Å². The number of para-hydroxylation sites is 1. The molecule has 2 fully saturated rings. The van der Waals surface area contributed by atoms with Crippen LogP contribution in [0.15, 0.2) is 58.3 Å². The first-order valence-electron chi connectivity index (χ1n) is 9.69. The highest BCUT2D eigenvalue weighted by Crippen LogP contribution is 2.64. The van der Waals surface area contributed by atoms with Crippen LogP contribution in [0.5, 0.6) is 0 Å². The number of Topliss-reactive ketones (excluding diaryl/α,β-unsaturated/α-hetero) is 1. The maximum Gasteiger partial charge on any atom is 0.233 e. The van der Waals surface area contributed by atoms with Crippen LogP contribution in [0, 0.1) is 16.7 Å². The van der Waals surface area contributed by atoms with E-state index in [2.05, 4.69) is 18.6 Å². The maximum absolute atomic E-state index is 13.1. The molecule has 154 valence electrons. The minimum Gasteiger partial charge on any atom is -0.299 e. The van der Waals surface area contributed by atoms with Gasteiger partial charge in [0.15, 0.2) is 0 Å². The Morgan fingerprint density at radius 3 is 2.45 bits per heavy atom. The van der Waals surface area contributed by atoms with Crippen LogP contribution < -0.4 is 4.72 Å². The van der Waals surface area contributed by atoms with Gasteiger partial charge in [0.25, 0.3) is 0 Å². The second kappa shape index (κ2) is 7.33. The zero-order chi connectivity index (χ0) is 20.9. The summed E-state index contributed by atoms with van der Waals surface area (Å²) in [5.74, 6) is 0.244. The highest BCUT2D eigenvalue weighted by atomic mass is 35.5. The molecule has 0 amide bonds. The first-order chi connectivity index (χ1) is 13.6. The number of rotatable bonds is 6. The fourth-order valence-electron chi connectivity index (χ4n) is 4.91. The number of fused-ring (bicyclic) bond motifs is 2. The summed E-state index contributed by atoms with van der Waals surface area (Å²) in [6, 6.07) is 14.7. The molecule has 2 aliphatic carbocycles. The van der Waals surface area contributed by atoms with Gasteiger partial charge in [-0.05, 0) is 60.6 Å². The normalized spacial score (nSPS) is 25.3. The highest BCUT2D eigenvalue weighted by Gasteiger charge is 2.65. The molecule has 0 heterocycles. The Hall–Kier alpha value is -1.50. The molecule has 29 heavy (non-hydrogen) atoms. The number of ketones is 1. The number of hydrogen-bond acceptors (Lipinski definition) is 4. The van der Waals surface area contributed by atoms with Crippen molar-refractivity contribution in [2.45, 2.75) is 42.9 Å². The van der Waals surface area contributed by atoms with E-state index in [1.807, 2.05) is 24.3 Å². The first kappa shape index (κ1) is 20.8. The van der Waals surface area contributed by atoms with Crippen molar-refractivity contribution in [1.29, 1.82) is 0 Å². The van der Waals surface area contributed by atoms with Gasteiger partial charge in [-0.15, -0.1) is 0 Å². The summed E-state index contributed by atoms with van der Waals surface area (Å²) >= 11 is 7.42. The number of carbonyl (C=O) groups is 1. The Labute approximate surface area is 181 Å². The third kappa shape index (κ3) is 3.71. The van der Waals surface area contributed by atoms with Gasteiger partial charge in [0.1, 0.15) is 5.78 Å². The molecule has 0 radical (unpaired) electrons. The number of carbonyl (C=O) groups excluding carboxylic acids is 1. The fourth-order valence-corrected chi connectivity index (χ4v) is 7.91. The predicted octanol–water partition coefficient (Wildman–Crippen LogP) is 5.63. The summed E-state index contributed by atoms with van der Waals surface area (Å²) in [5.41, 5.74) is -0.528. The third-order valence-corrected chi connectivity index (χ3v) is 9.51. The Balaban J connectivity index is 1.58. The van der Waals surface area contributed by atoms with E-state index in [9.17, 15) is 13.2 Å². The molecule has 2 aromatic rings. The van der Waals surface area contributed by atoms with Gasteiger partial charge in [-0.3, -0.25) is 9.52 Å². The number of sulfonamides is 1. The molecule has 0 saturated heterocycles. The molecule has 2 saturated carbocycles. The number of halogens is 1. The number of benzene rings is 2. The number of hydrogen-bond donors (Lipinski definition) is 1. The molecule has 0 spiro atoms. The van der Waals surface area contributed by atoms with Gasteiger partial charge < -0.3 is 0 Å². The van der Waals surface area contributed by atoms with Crippen LogP contribution in [-0.4, -0.2) is 20.0 Å². The van der Waals surface area contributed by atoms with Gasteiger partial charge in [-0.2, -0.15) is 0 Å². The summed E-state index contributed by atoms with van der Waals surface area (Å²) in [6.07, 6.45) is 2.09. The van der Waals surface area contributed by atoms with Gasteiger partial charge >= 0.3 is 0 Å². The lowest BCUT2D eigenvalue weighted by Crippen LogP contribution is -2.43. The molecule has 7 heteroatoms. The minimum absolute atomic E-state index is 0.105. The standard InChI is InChI=1S/C22H24ClNO3S2/c1-21(2)15-11-12-22(21,20(25)13-15)14-29(26,27)24-18-5-3-4-6-19(18)28-17-9-7-16(23)8-10-17/h3-10,15,24H,11-14H2,1-2H3/t15-,22-/m1/s1. The van der Waals surface area contributed by atoms with Crippen LogP contribution in [0.2, 0.25) is 5.02 Å². The number of nitrogens with one attached hydrogen (secondary N) is 1. The quantitative estimate of drug-likeness (QED) is 0.620. The molecule has 4 rings (SSSR count). The van der Waals surface area contributed by atoms with Crippen LogP contribution in [0.1, 0.15) is 33.1 Å². The van der Waals surface area contributed by atoms with E-state index in [4.69, 9.17) is 11.6 Å². The Bertz CT molecular complexity index is 1050. The monoisotopic (exact) mass is 449 g/mol. The van der Waals surface area contributed by atoms with Gasteiger partial charge in [0, 0.05) is 21.2 Å². The highest BCUT2D eigenvalue weighted by molar-refractivity contribution is 7.99. The first-order valence-corrected chi connectivity index (χ1v) is 12.5. The van der Waals surface area contributed by atoms with Crippen molar-refractivity contribution in [3.63, 3.8) is 0 Å². The van der Waals surface area contributed by atoms with E-state index in [1.54, 1.807) is 24.3 Å². The van der Waals surface area contributed by atoms with Crippen LogP contribution in [-0.2, 0) is 14.8 Å². The average molecular weight is 450 g/mol. The van der Waals surface area contributed by atoms with Crippen molar-refractivity contribution < 1.29 is 13.2 Å². The maximum atomic E-state index is 13.1. The topological polar surface area (TPSA) is 63.2 Å². The molecule has 2 aliphatic rings. The summed E-state index contributed by atoms with van der Waals surface area (Å²) in [6.45, 7) is 4.10. The smallest absolute Gasteiger partial charge is 0.233 e. The lowest BCUT2D eigenvalue weighted by atomic mass is 9.70. The zero-order valence-electron chi connectivity index (χ0n) is 16.4. The second-order valence-electron chi connectivity index (χ2n) is 8.58. The third-order valence-electron chi connectivity index (χ3n) is 6.77. The molecule has 1 N–H and O–H groups in total. The molecular formula is C22H24ClNO3S2. The fraction of sp³-hybridized carbons (Fsp3) is 0.409. The Morgan fingerprint density at radius 1 is 1.14 bits per heavy atom. The van der Waals surface area contributed by atoms with Crippen molar-refractivity contribution in [2.75, 3.05) is 10.5 Å². The van der Waals surface area contributed by atoms with E-state index in [0.29, 0.717) is 23.6 Å². The van der Waals surface area contributed by atoms with Crippen molar-refractivity contribution in [2.24, 2.45) is 16.7 Å². The molecule has 0 aliphatic heterocycles. The Morgan fingerprint density at radius 2 is 1.83 bits per heavy atom. The van der Waals surface area contributed by atoms with Crippen LogP contribution in [0.3, 0.4) is 0 Å². The largest absolute Gasteiger partial charge is 0.299 e. The molecule has 2 bridgehead atoms. The molecular weight excluding hydrogens is 426 g/mol. The van der Waals surface area contributed by atoms with Crippen LogP contribution in [0.25, 0.3) is 0 Å². The van der Waals surface area contributed by atoms with Gasteiger partial charge in [0.05, 0.1) is 16.9 Å². The molecule has 2 aromatic carbocycles. The van der Waals surface area contributed by atoms with E-state index in [-0.39, 0.29) is 22.9 Å². The van der Waals surface area contributed by atoms with Crippen molar-refractivity contribution >= 4 is 44.9 Å². The molecule has 0 aromatic heterocycles. The van der Waals surface area contributed by atoms with Gasteiger partial charge in [0.2, 0.25) is 10.0 Å². The van der Waals surface area contributed by atoms with E-state index >= 15 is 0 Å². The average Bonchev–Trinajstić information content (AvgIpc) is 2.99.